The van der Waals surface area contributed by atoms with Crippen LogP contribution in [0, 0.1) is 18.3 Å². The topological polar surface area (TPSA) is 35.8 Å². The fourth-order valence-electron chi connectivity index (χ4n) is 1.76. The Kier molecular flexibility index (Phi) is 4.01. The molecule has 90 valence electrons. The van der Waals surface area contributed by atoms with Gasteiger partial charge in [-0.15, -0.1) is 0 Å². The third-order valence-electron chi connectivity index (χ3n) is 2.83. The zero-order chi connectivity index (χ0) is 13.0. The quantitative estimate of drug-likeness (QED) is 0.920. The second-order valence-corrected chi connectivity index (χ2v) is 5.00. The van der Waals surface area contributed by atoms with Crippen LogP contribution in [0.25, 0.3) is 0 Å². The van der Waals surface area contributed by atoms with Gasteiger partial charge in [-0.3, -0.25) is 0 Å². The average molecular weight is 301 g/mol. The van der Waals surface area contributed by atoms with Crippen molar-refractivity contribution in [2.24, 2.45) is 0 Å². The Bertz CT molecular complexity index is 600. The van der Waals surface area contributed by atoms with Gasteiger partial charge >= 0.3 is 0 Å². The molecule has 0 amide bonds. The molecule has 0 atom stereocenters. The highest BCUT2D eigenvalue weighted by Gasteiger charge is 2.03. The fourth-order valence-corrected chi connectivity index (χ4v) is 2.12. The van der Waals surface area contributed by atoms with Crippen molar-refractivity contribution in [1.29, 1.82) is 5.26 Å². The first kappa shape index (κ1) is 12.7. The van der Waals surface area contributed by atoms with E-state index in [4.69, 9.17) is 5.26 Å². The maximum absolute atomic E-state index is 9.08. The molecule has 0 fully saturated rings. The lowest BCUT2D eigenvalue weighted by molar-refractivity contribution is 1.12. The predicted octanol–water partition coefficient (Wildman–Crippen LogP) is 4.24. The van der Waals surface area contributed by atoms with Crippen LogP contribution in [0.4, 0.5) is 5.69 Å². The first-order chi connectivity index (χ1) is 8.70. The Morgan fingerprint density at radius 1 is 1.22 bits per heavy atom. The molecule has 0 unspecified atom stereocenters. The van der Waals surface area contributed by atoms with Crippen LogP contribution >= 0.6 is 15.9 Å². The number of anilines is 1. The van der Waals surface area contributed by atoms with Gasteiger partial charge in [-0.2, -0.15) is 5.26 Å². The summed E-state index contributed by atoms with van der Waals surface area (Å²) in [6, 6.07) is 16.1. The lowest BCUT2D eigenvalue weighted by Gasteiger charge is -2.10. The van der Waals surface area contributed by atoms with Gasteiger partial charge in [0.05, 0.1) is 11.3 Å². The summed E-state index contributed by atoms with van der Waals surface area (Å²) in [7, 11) is 0. The van der Waals surface area contributed by atoms with E-state index < -0.39 is 0 Å². The molecule has 0 aliphatic heterocycles. The van der Waals surface area contributed by atoms with E-state index in [2.05, 4.69) is 46.4 Å². The normalized spacial score (nSPS) is 9.83. The first-order valence-electron chi connectivity index (χ1n) is 5.69. The van der Waals surface area contributed by atoms with Crippen LogP contribution in [0.3, 0.4) is 0 Å². The molecule has 18 heavy (non-hydrogen) atoms. The summed E-state index contributed by atoms with van der Waals surface area (Å²) in [5.41, 5.74) is 4.01. The fraction of sp³-hybridized carbons (Fsp3) is 0.133. The van der Waals surface area contributed by atoms with Crippen LogP contribution in [0.1, 0.15) is 16.7 Å². The minimum Gasteiger partial charge on any atom is -0.380 e. The van der Waals surface area contributed by atoms with Gasteiger partial charge < -0.3 is 5.32 Å². The summed E-state index contributed by atoms with van der Waals surface area (Å²) >= 11 is 3.37. The number of hydrogen-bond donors (Lipinski definition) is 1. The van der Waals surface area contributed by atoms with Gasteiger partial charge in [-0.05, 0) is 36.2 Å². The van der Waals surface area contributed by atoms with E-state index in [0.29, 0.717) is 5.56 Å². The number of nitriles is 1. The number of rotatable bonds is 3. The van der Waals surface area contributed by atoms with Crippen LogP contribution in [0.5, 0.6) is 0 Å². The van der Waals surface area contributed by atoms with E-state index in [-0.39, 0.29) is 0 Å². The Morgan fingerprint density at radius 2 is 2.00 bits per heavy atom. The van der Waals surface area contributed by atoms with E-state index in [9.17, 15) is 0 Å². The van der Waals surface area contributed by atoms with Gasteiger partial charge in [0.1, 0.15) is 6.07 Å². The summed E-state index contributed by atoms with van der Waals surface area (Å²) in [4.78, 5) is 0. The highest BCUT2D eigenvalue weighted by atomic mass is 79.9. The molecule has 2 aromatic carbocycles. The van der Waals surface area contributed by atoms with Gasteiger partial charge in [0.25, 0.3) is 0 Å². The van der Waals surface area contributed by atoms with Crippen LogP contribution in [0.15, 0.2) is 46.9 Å². The highest BCUT2D eigenvalue weighted by molar-refractivity contribution is 9.10. The molecule has 2 aromatic rings. The molecule has 0 spiro atoms. The summed E-state index contributed by atoms with van der Waals surface area (Å²) in [5, 5.41) is 12.4. The average Bonchev–Trinajstić information content (AvgIpc) is 2.39. The first-order valence-corrected chi connectivity index (χ1v) is 6.48. The number of benzene rings is 2. The lowest BCUT2D eigenvalue weighted by atomic mass is 10.1. The third-order valence-corrected chi connectivity index (χ3v) is 3.33. The minimum atomic E-state index is 0.651. The molecule has 0 radical (unpaired) electrons. The molecule has 3 heteroatoms. The maximum atomic E-state index is 9.08. The minimum absolute atomic E-state index is 0.651. The van der Waals surface area contributed by atoms with Crippen LogP contribution < -0.4 is 5.32 Å². The van der Waals surface area contributed by atoms with Crippen LogP contribution in [-0.4, -0.2) is 0 Å². The van der Waals surface area contributed by atoms with Gasteiger partial charge in [-0.1, -0.05) is 40.2 Å². The van der Waals surface area contributed by atoms with E-state index in [1.807, 2.05) is 30.3 Å². The van der Waals surface area contributed by atoms with Gasteiger partial charge in [0.2, 0.25) is 0 Å². The molecular formula is C15H13BrN2. The summed E-state index contributed by atoms with van der Waals surface area (Å²) in [6.07, 6.45) is 0. The molecule has 0 saturated carbocycles. The molecule has 2 nitrogen and oxygen atoms in total. The summed E-state index contributed by atoms with van der Waals surface area (Å²) in [5.74, 6) is 0. The molecule has 1 N–H and O–H groups in total. The second kappa shape index (κ2) is 5.70. The molecule has 0 aliphatic rings. The monoisotopic (exact) mass is 300 g/mol. The van der Waals surface area contributed by atoms with Crippen molar-refractivity contribution in [2.75, 3.05) is 5.32 Å². The lowest BCUT2D eigenvalue weighted by Crippen LogP contribution is -2.02. The predicted molar refractivity (Wildman–Crippen MR) is 77.4 cm³/mol. The SMILES string of the molecule is Cc1ccccc1CNc1ccc(Br)cc1C#N. The molecule has 0 bridgehead atoms. The van der Waals surface area contributed by atoms with Crippen LogP contribution in [0.2, 0.25) is 0 Å². The molecular weight excluding hydrogens is 288 g/mol. The van der Waals surface area contributed by atoms with Crippen molar-refractivity contribution in [3.05, 3.63) is 63.6 Å². The van der Waals surface area contributed by atoms with E-state index >= 15 is 0 Å². The third kappa shape index (κ3) is 2.91. The smallest absolute Gasteiger partial charge is 0.101 e. The number of nitrogens with one attached hydrogen (secondary N) is 1. The molecule has 0 aromatic heterocycles. The van der Waals surface area contributed by atoms with Gasteiger partial charge in [0.15, 0.2) is 0 Å². The highest BCUT2D eigenvalue weighted by Crippen LogP contribution is 2.21. The van der Waals surface area contributed by atoms with E-state index in [0.717, 1.165) is 16.7 Å². The van der Waals surface area contributed by atoms with Crippen molar-refractivity contribution >= 4 is 21.6 Å². The zero-order valence-electron chi connectivity index (χ0n) is 10.1. The van der Waals surface area contributed by atoms with E-state index in [1.165, 1.54) is 11.1 Å². The number of hydrogen-bond acceptors (Lipinski definition) is 2. The number of nitrogens with zero attached hydrogens (tertiary/aromatic N) is 1. The Labute approximate surface area is 115 Å². The van der Waals surface area contributed by atoms with Crippen molar-refractivity contribution in [2.45, 2.75) is 13.5 Å². The van der Waals surface area contributed by atoms with Crippen molar-refractivity contribution in [3.63, 3.8) is 0 Å². The molecule has 2 rings (SSSR count). The largest absolute Gasteiger partial charge is 0.380 e. The van der Waals surface area contributed by atoms with Gasteiger partial charge in [0, 0.05) is 11.0 Å². The van der Waals surface area contributed by atoms with Crippen molar-refractivity contribution < 1.29 is 0 Å². The zero-order valence-corrected chi connectivity index (χ0v) is 11.7. The number of halogens is 1. The Morgan fingerprint density at radius 3 is 2.72 bits per heavy atom. The molecule has 0 saturated heterocycles. The Hall–Kier alpha value is -1.79. The van der Waals surface area contributed by atoms with Gasteiger partial charge in [-0.25, -0.2) is 0 Å². The summed E-state index contributed by atoms with van der Waals surface area (Å²) < 4.78 is 0.917. The van der Waals surface area contributed by atoms with E-state index in [1.54, 1.807) is 0 Å². The molecule has 0 aliphatic carbocycles. The molecule has 0 heterocycles. The standard InChI is InChI=1S/C15H13BrN2/c1-11-4-2-3-5-12(11)10-18-15-7-6-14(16)8-13(15)9-17/h2-8,18H,10H2,1H3. The van der Waals surface area contributed by atoms with Crippen molar-refractivity contribution in [3.8, 4) is 6.07 Å². The maximum Gasteiger partial charge on any atom is 0.101 e. The second-order valence-electron chi connectivity index (χ2n) is 4.08. The van der Waals surface area contributed by atoms with Crippen molar-refractivity contribution in [1.82, 2.24) is 0 Å². The summed E-state index contributed by atoms with van der Waals surface area (Å²) in [6.45, 7) is 2.81. The Balaban J connectivity index is 2.16. The van der Waals surface area contributed by atoms with Crippen LogP contribution in [-0.2, 0) is 6.54 Å². The number of aryl methyl sites for hydroxylation is 1.